The quantitative estimate of drug-likeness (QED) is 0.832. The van der Waals surface area contributed by atoms with Crippen LogP contribution in [-0.2, 0) is 0 Å². The first kappa shape index (κ1) is 11.3. The second-order valence-corrected chi connectivity index (χ2v) is 4.97. The fourth-order valence-corrected chi connectivity index (χ4v) is 2.48. The molecule has 0 spiro atoms. The van der Waals surface area contributed by atoms with E-state index in [0.717, 1.165) is 38.0 Å². The molecule has 18 heavy (non-hydrogen) atoms. The lowest BCUT2D eigenvalue weighted by Gasteiger charge is -2.35. The van der Waals surface area contributed by atoms with Crippen molar-refractivity contribution in [3.05, 3.63) is 17.8 Å². The van der Waals surface area contributed by atoms with E-state index in [4.69, 9.17) is 11.0 Å². The average Bonchev–Trinajstić information content (AvgIpc) is 3.24. The first-order valence-electron chi connectivity index (χ1n) is 6.43. The Morgan fingerprint density at radius 1 is 1.22 bits per heavy atom. The van der Waals surface area contributed by atoms with E-state index in [2.05, 4.69) is 14.8 Å². The molecule has 2 fully saturated rings. The summed E-state index contributed by atoms with van der Waals surface area (Å²) in [6.07, 6.45) is 2.72. The Morgan fingerprint density at radius 2 is 1.94 bits per heavy atom. The second kappa shape index (κ2) is 4.46. The molecule has 5 heteroatoms. The molecular formula is C13H17N5. The molecule has 5 nitrogen and oxygen atoms in total. The van der Waals surface area contributed by atoms with Crippen molar-refractivity contribution in [2.45, 2.75) is 18.9 Å². The van der Waals surface area contributed by atoms with Crippen molar-refractivity contribution in [2.24, 2.45) is 0 Å². The third kappa shape index (κ3) is 2.12. The van der Waals surface area contributed by atoms with Gasteiger partial charge in [0.05, 0.1) is 5.69 Å². The first-order chi connectivity index (χ1) is 8.78. The minimum atomic E-state index is 0.331. The van der Waals surface area contributed by atoms with Crippen LogP contribution in [0.25, 0.3) is 0 Å². The molecule has 1 aromatic heterocycles. The number of rotatable bonds is 2. The fraction of sp³-hybridized carbons (Fsp3) is 0.538. The summed E-state index contributed by atoms with van der Waals surface area (Å²) < 4.78 is 0. The molecule has 1 saturated carbocycles. The lowest BCUT2D eigenvalue weighted by atomic mass is 10.2. The maximum Gasteiger partial charge on any atom is 0.165 e. The van der Waals surface area contributed by atoms with Gasteiger partial charge >= 0.3 is 0 Å². The van der Waals surface area contributed by atoms with Crippen molar-refractivity contribution in [3.63, 3.8) is 0 Å². The Hall–Kier alpha value is -1.80. The monoisotopic (exact) mass is 243 g/mol. The summed E-state index contributed by atoms with van der Waals surface area (Å²) in [6.45, 7) is 4.16. The molecule has 2 aliphatic rings. The van der Waals surface area contributed by atoms with Crippen LogP contribution in [0.1, 0.15) is 18.5 Å². The van der Waals surface area contributed by atoms with Gasteiger partial charge in [-0.2, -0.15) is 5.26 Å². The van der Waals surface area contributed by atoms with E-state index in [1.54, 1.807) is 6.07 Å². The Kier molecular flexibility index (Phi) is 2.80. The summed E-state index contributed by atoms with van der Waals surface area (Å²) in [5, 5.41) is 8.95. The highest BCUT2D eigenvalue weighted by Crippen LogP contribution is 2.28. The molecule has 2 heterocycles. The molecule has 94 valence electrons. The van der Waals surface area contributed by atoms with Crippen LogP contribution in [-0.4, -0.2) is 42.1 Å². The smallest absolute Gasteiger partial charge is 0.165 e. The molecule has 3 rings (SSSR count). The number of pyridine rings is 1. The third-order valence-corrected chi connectivity index (χ3v) is 3.72. The fourth-order valence-electron chi connectivity index (χ4n) is 2.48. The molecule has 1 aromatic rings. The van der Waals surface area contributed by atoms with Crippen molar-refractivity contribution in [2.75, 3.05) is 36.8 Å². The van der Waals surface area contributed by atoms with E-state index >= 15 is 0 Å². The Labute approximate surface area is 107 Å². The molecule has 0 unspecified atom stereocenters. The molecule has 0 amide bonds. The highest BCUT2D eigenvalue weighted by molar-refractivity contribution is 5.55. The highest BCUT2D eigenvalue weighted by Gasteiger charge is 2.31. The second-order valence-electron chi connectivity index (χ2n) is 4.97. The number of nitrogens with zero attached hydrogens (tertiary/aromatic N) is 4. The molecule has 1 aliphatic heterocycles. The number of nitriles is 1. The Bertz CT molecular complexity index is 481. The van der Waals surface area contributed by atoms with Gasteiger partial charge < -0.3 is 10.6 Å². The van der Waals surface area contributed by atoms with E-state index in [0.29, 0.717) is 11.4 Å². The van der Waals surface area contributed by atoms with Gasteiger partial charge in [0.25, 0.3) is 0 Å². The Morgan fingerprint density at radius 3 is 2.56 bits per heavy atom. The summed E-state index contributed by atoms with van der Waals surface area (Å²) in [6, 6.07) is 6.55. The zero-order valence-corrected chi connectivity index (χ0v) is 10.3. The topological polar surface area (TPSA) is 69.2 Å². The van der Waals surface area contributed by atoms with Gasteiger partial charge in [0.1, 0.15) is 11.9 Å². The molecule has 1 saturated heterocycles. The minimum absolute atomic E-state index is 0.331. The van der Waals surface area contributed by atoms with Crippen molar-refractivity contribution in [1.82, 2.24) is 9.88 Å². The van der Waals surface area contributed by atoms with Crippen molar-refractivity contribution < 1.29 is 0 Å². The van der Waals surface area contributed by atoms with Crippen molar-refractivity contribution in [1.29, 1.82) is 5.26 Å². The summed E-state index contributed by atoms with van der Waals surface area (Å²) in [5.74, 6) is 0.871. The largest absolute Gasteiger partial charge is 0.396 e. The predicted molar refractivity (Wildman–Crippen MR) is 70.2 cm³/mol. The van der Waals surface area contributed by atoms with E-state index in [1.165, 1.54) is 12.8 Å². The van der Waals surface area contributed by atoms with Crippen LogP contribution in [0.5, 0.6) is 0 Å². The molecule has 0 radical (unpaired) electrons. The number of piperazine rings is 1. The summed E-state index contributed by atoms with van der Waals surface area (Å²) in [5.41, 5.74) is 6.47. The van der Waals surface area contributed by atoms with Gasteiger partial charge in [-0.15, -0.1) is 0 Å². The number of nitrogen functional groups attached to an aromatic ring is 1. The summed E-state index contributed by atoms with van der Waals surface area (Å²) in [7, 11) is 0. The standard InChI is InChI=1S/C13H17N5/c14-9-12-11(15)3-4-13(16-12)18-7-5-17(6-8-18)10-1-2-10/h3-4,10H,1-2,5-8,15H2. The number of nitrogens with two attached hydrogens (primary N) is 1. The van der Waals surface area contributed by atoms with Gasteiger partial charge in [0.2, 0.25) is 0 Å². The summed E-state index contributed by atoms with van der Waals surface area (Å²) >= 11 is 0. The predicted octanol–water partition coefficient (Wildman–Crippen LogP) is 0.820. The molecule has 2 N–H and O–H groups in total. The van der Waals surface area contributed by atoms with Gasteiger partial charge in [-0.25, -0.2) is 4.98 Å². The van der Waals surface area contributed by atoms with Crippen LogP contribution >= 0.6 is 0 Å². The molecule has 0 atom stereocenters. The maximum atomic E-state index is 8.95. The number of hydrogen-bond donors (Lipinski definition) is 1. The van der Waals surface area contributed by atoms with E-state index < -0.39 is 0 Å². The van der Waals surface area contributed by atoms with E-state index in [-0.39, 0.29) is 0 Å². The van der Waals surface area contributed by atoms with Crippen LogP contribution in [0.4, 0.5) is 11.5 Å². The van der Waals surface area contributed by atoms with Gasteiger partial charge in [0.15, 0.2) is 5.69 Å². The highest BCUT2D eigenvalue weighted by atomic mass is 15.3. The summed E-state index contributed by atoms with van der Waals surface area (Å²) in [4.78, 5) is 9.11. The van der Waals surface area contributed by atoms with Crippen molar-refractivity contribution >= 4 is 11.5 Å². The number of anilines is 2. The molecular weight excluding hydrogens is 226 g/mol. The van der Waals surface area contributed by atoms with Crippen LogP contribution in [0.3, 0.4) is 0 Å². The molecule has 0 aromatic carbocycles. The van der Waals surface area contributed by atoms with Gasteiger partial charge in [-0.3, -0.25) is 4.90 Å². The van der Waals surface area contributed by atoms with E-state index in [9.17, 15) is 0 Å². The first-order valence-corrected chi connectivity index (χ1v) is 6.43. The SMILES string of the molecule is N#Cc1nc(N2CCN(C3CC3)CC2)ccc1N. The van der Waals surface area contributed by atoms with Gasteiger partial charge in [-0.05, 0) is 25.0 Å². The third-order valence-electron chi connectivity index (χ3n) is 3.72. The van der Waals surface area contributed by atoms with Crippen molar-refractivity contribution in [3.8, 4) is 6.07 Å². The number of aromatic nitrogens is 1. The zero-order valence-electron chi connectivity index (χ0n) is 10.3. The maximum absolute atomic E-state index is 8.95. The van der Waals surface area contributed by atoms with Crippen LogP contribution in [0, 0.1) is 11.3 Å². The van der Waals surface area contributed by atoms with Crippen LogP contribution < -0.4 is 10.6 Å². The zero-order chi connectivity index (χ0) is 12.5. The lowest BCUT2D eigenvalue weighted by molar-refractivity contribution is 0.247. The lowest BCUT2D eigenvalue weighted by Crippen LogP contribution is -2.47. The average molecular weight is 243 g/mol. The van der Waals surface area contributed by atoms with Gasteiger partial charge in [-0.1, -0.05) is 0 Å². The normalized spacial score (nSPS) is 20.7. The van der Waals surface area contributed by atoms with Crippen LogP contribution in [0.15, 0.2) is 12.1 Å². The molecule has 1 aliphatic carbocycles. The molecule has 0 bridgehead atoms. The Balaban J connectivity index is 1.70. The number of hydrogen-bond acceptors (Lipinski definition) is 5. The minimum Gasteiger partial charge on any atom is -0.396 e. The van der Waals surface area contributed by atoms with E-state index in [1.807, 2.05) is 12.1 Å². The van der Waals surface area contributed by atoms with Gasteiger partial charge in [0, 0.05) is 32.2 Å². The van der Waals surface area contributed by atoms with Crippen LogP contribution in [0.2, 0.25) is 0 Å².